The molecule has 0 spiro atoms. The number of aliphatic hydroxyl groups is 1. The molecule has 1 aromatic carbocycles. The molecule has 2 aromatic rings. The Bertz CT molecular complexity index is 719. The molecule has 5 heteroatoms. The Morgan fingerprint density at radius 2 is 2.10 bits per heavy atom. The Hall–Kier alpha value is -2.14. The molecule has 1 fully saturated rings. The lowest BCUT2D eigenvalue weighted by molar-refractivity contribution is 0.0524. The van der Waals surface area contributed by atoms with Crippen molar-refractivity contribution in [3.8, 4) is 0 Å². The van der Waals surface area contributed by atoms with Crippen LogP contribution in [0.2, 0.25) is 0 Å². The maximum absolute atomic E-state index is 12.6. The zero-order valence-corrected chi connectivity index (χ0v) is 11.7. The van der Waals surface area contributed by atoms with Crippen molar-refractivity contribution in [2.24, 2.45) is 0 Å². The van der Waals surface area contributed by atoms with E-state index in [1.807, 2.05) is 12.1 Å². The summed E-state index contributed by atoms with van der Waals surface area (Å²) in [7, 11) is 0. The van der Waals surface area contributed by atoms with Crippen LogP contribution in [0, 0.1) is 0 Å². The molecule has 0 bridgehead atoms. The molecule has 1 aromatic heterocycles. The van der Waals surface area contributed by atoms with Crippen molar-refractivity contribution >= 4 is 16.8 Å². The standard InChI is InChI=1S/C16H18N2O3/c19-9-8-18(11-4-3-5-11)16(21)13-10-17-14-7-2-1-6-12(14)15(13)20/h1-2,6-7,10-11,19H,3-5,8-9H2,(H,17,20). The van der Waals surface area contributed by atoms with Crippen LogP contribution in [0.15, 0.2) is 35.3 Å². The van der Waals surface area contributed by atoms with E-state index >= 15 is 0 Å². The monoisotopic (exact) mass is 286 g/mol. The van der Waals surface area contributed by atoms with Gasteiger partial charge < -0.3 is 15.0 Å². The number of rotatable bonds is 4. The number of carbonyl (C=O) groups is 1. The number of hydrogen-bond acceptors (Lipinski definition) is 3. The number of fused-ring (bicyclic) bond motifs is 1. The summed E-state index contributed by atoms with van der Waals surface area (Å²) in [5, 5.41) is 9.68. The molecule has 110 valence electrons. The van der Waals surface area contributed by atoms with Crippen LogP contribution in [-0.2, 0) is 0 Å². The van der Waals surface area contributed by atoms with E-state index in [-0.39, 0.29) is 36.1 Å². The number of aromatic nitrogens is 1. The minimum Gasteiger partial charge on any atom is -0.395 e. The number of hydrogen-bond donors (Lipinski definition) is 2. The molecule has 0 aliphatic heterocycles. The second-order valence-corrected chi connectivity index (χ2v) is 5.38. The Morgan fingerprint density at radius 1 is 1.33 bits per heavy atom. The second-order valence-electron chi connectivity index (χ2n) is 5.38. The minimum absolute atomic E-state index is 0.0896. The topological polar surface area (TPSA) is 73.4 Å². The summed E-state index contributed by atoms with van der Waals surface area (Å²) >= 11 is 0. The molecule has 1 heterocycles. The maximum atomic E-state index is 12.6. The van der Waals surface area contributed by atoms with Crippen LogP contribution in [-0.4, -0.2) is 40.1 Å². The zero-order chi connectivity index (χ0) is 14.8. The average molecular weight is 286 g/mol. The number of amides is 1. The van der Waals surface area contributed by atoms with Gasteiger partial charge in [-0.25, -0.2) is 0 Å². The predicted molar refractivity (Wildman–Crippen MR) is 80.3 cm³/mol. The molecule has 1 aliphatic carbocycles. The smallest absolute Gasteiger partial charge is 0.259 e. The number of aromatic amines is 1. The maximum Gasteiger partial charge on any atom is 0.259 e. The Balaban J connectivity index is 2.00. The molecular weight excluding hydrogens is 268 g/mol. The lowest BCUT2D eigenvalue weighted by Crippen LogP contribution is -2.46. The molecule has 0 saturated heterocycles. The van der Waals surface area contributed by atoms with E-state index in [0.29, 0.717) is 5.39 Å². The van der Waals surface area contributed by atoms with E-state index in [2.05, 4.69) is 4.98 Å². The third-order valence-corrected chi connectivity index (χ3v) is 4.14. The summed E-state index contributed by atoms with van der Waals surface area (Å²) in [6.07, 6.45) is 4.46. The zero-order valence-electron chi connectivity index (χ0n) is 11.7. The van der Waals surface area contributed by atoms with Crippen LogP contribution in [0.25, 0.3) is 10.9 Å². The van der Waals surface area contributed by atoms with Gasteiger partial charge in [0, 0.05) is 29.7 Å². The van der Waals surface area contributed by atoms with Crippen LogP contribution in [0.1, 0.15) is 29.6 Å². The number of pyridine rings is 1. The number of aliphatic hydroxyl groups excluding tert-OH is 1. The summed E-state index contributed by atoms with van der Waals surface area (Å²) in [4.78, 5) is 29.7. The van der Waals surface area contributed by atoms with Gasteiger partial charge in [0.2, 0.25) is 5.43 Å². The molecule has 2 N–H and O–H groups in total. The number of H-pyrrole nitrogens is 1. The first-order valence-corrected chi connectivity index (χ1v) is 7.24. The van der Waals surface area contributed by atoms with Crippen molar-refractivity contribution < 1.29 is 9.90 Å². The van der Waals surface area contributed by atoms with E-state index in [1.54, 1.807) is 17.0 Å². The minimum atomic E-state index is -0.291. The third kappa shape index (κ3) is 2.45. The van der Waals surface area contributed by atoms with Crippen molar-refractivity contribution in [3.63, 3.8) is 0 Å². The van der Waals surface area contributed by atoms with Crippen molar-refractivity contribution in [3.05, 3.63) is 46.2 Å². The number of carbonyl (C=O) groups excluding carboxylic acids is 1. The SMILES string of the molecule is O=C(c1c[nH]c2ccccc2c1=O)N(CCO)C1CCC1. The molecule has 0 radical (unpaired) electrons. The van der Waals surface area contributed by atoms with Gasteiger partial charge >= 0.3 is 0 Å². The fourth-order valence-electron chi connectivity index (χ4n) is 2.74. The summed E-state index contributed by atoms with van der Waals surface area (Å²) in [5.74, 6) is -0.291. The molecule has 21 heavy (non-hydrogen) atoms. The van der Waals surface area contributed by atoms with Gasteiger partial charge in [-0.1, -0.05) is 12.1 Å². The first-order valence-electron chi connectivity index (χ1n) is 7.24. The van der Waals surface area contributed by atoms with Crippen LogP contribution >= 0.6 is 0 Å². The third-order valence-electron chi connectivity index (χ3n) is 4.14. The summed E-state index contributed by atoms with van der Waals surface area (Å²) in [6, 6.07) is 7.29. The molecule has 0 atom stereocenters. The molecule has 1 amide bonds. The van der Waals surface area contributed by atoms with Gasteiger partial charge in [-0.2, -0.15) is 0 Å². The average Bonchev–Trinajstić information content (AvgIpc) is 2.45. The normalized spacial score (nSPS) is 14.9. The van der Waals surface area contributed by atoms with E-state index in [9.17, 15) is 9.59 Å². The number of nitrogens with zero attached hydrogens (tertiary/aromatic N) is 1. The Kier molecular flexibility index (Phi) is 3.75. The van der Waals surface area contributed by atoms with Crippen LogP contribution < -0.4 is 5.43 Å². The van der Waals surface area contributed by atoms with Gasteiger partial charge in [0.15, 0.2) is 0 Å². The van der Waals surface area contributed by atoms with E-state index < -0.39 is 0 Å². The Labute approximate surface area is 122 Å². The first kappa shape index (κ1) is 13.8. The van der Waals surface area contributed by atoms with Gasteiger partial charge in [-0.05, 0) is 31.4 Å². The quantitative estimate of drug-likeness (QED) is 0.895. The summed E-state index contributed by atoms with van der Waals surface area (Å²) in [5.41, 5.74) is 0.613. The van der Waals surface area contributed by atoms with Gasteiger partial charge in [-0.3, -0.25) is 9.59 Å². The summed E-state index contributed by atoms with van der Waals surface area (Å²) < 4.78 is 0. The van der Waals surface area contributed by atoms with Crippen LogP contribution in [0.4, 0.5) is 0 Å². The Morgan fingerprint density at radius 3 is 2.76 bits per heavy atom. The van der Waals surface area contributed by atoms with Crippen molar-refractivity contribution in [1.29, 1.82) is 0 Å². The number of nitrogens with one attached hydrogen (secondary N) is 1. The van der Waals surface area contributed by atoms with Crippen LogP contribution in [0.3, 0.4) is 0 Å². The van der Waals surface area contributed by atoms with Crippen molar-refractivity contribution in [2.45, 2.75) is 25.3 Å². The number of benzene rings is 1. The molecule has 5 nitrogen and oxygen atoms in total. The molecule has 0 unspecified atom stereocenters. The molecule has 3 rings (SSSR count). The van der Waals surface area contributed by atoms with E-state index in [0.717, 1.165) is 24.8 Å². The highest BCUT2D eigenvalue weighted by molar-refractivity contribution is 5.97. The predicted octanol–water partition coefficient (Wildman–Crippen LogP) is 1.52. The summed E-state index contributed by atoms with van der Waals surface area (Å²) in [6.45, 7) is 0.184. The fraction of sp³-hybridized carbons (Fsp3) is 0.375. The highest BCUT2D eigenvalue weighted by atomic mass is 16.3. The fourth-order valence-corrected chi connectivity index (χ4v) is 2.74. The number of para-hydroxylation sites is 1. The van der Waals surface area contributed by atoms with Crippen LogP contribution in [0.5, 0.6) is 0 Å². The van der Waals surface area contributed by atoms with Gasteiger partial charge in [0.25, 0.3) is 5.91 Å². The lowest BCUT2D eigenvalue weighted by Gasteiger charge is -2.37. The van der Waals surface area contributed by atoms with Crippen molar-refractivity contribution in [2.75, 3.05) is 13.2 Å². The molecular formula is C16H18N2O3. The van der Waals surface area contributed by atoms with Crippen molar-refractivity contribution in [1.82, 2.24) is 9.88 Å². The molecule has 1 aliphatic rings. The first-order chi connectivity index (χ1) is 10.2. The van der Waals surface area contributed by atoms with E-state index in [4.69, 9.17) is 5.11 Å². The highest BCUT2D eigenvalue weighted by Gasteiger charge is 2.30. The van der Waals surface area contributed by atoms with E-state index in [1.165, 1.54) is 6.20 Å². The lowest BCUT2D eigenvalue weighted by atomic mass is 9.91. The van der Waals surface area contributed by atoms with Gasteiger partial charge in [0.1, 0.15) is 5.56 Å². The van der Waals surface area contributed by atoms with Gasteiger partial charge in [-0.15, -0.1) is 0 Å². The molecule has 1 saturated carbocycles. The van der Waals surface area contributed by atoms with Gasteiger partial charge in [0.05, 0.1) is 6.61 Å². The largest absolute Gasteiger partial charge is 0.395 e. The second kappa shape index (κ2) is 5.69. The highest BCUT2D eigenvalue weighted by Crippen LogP contribution is 2.25.